The van der Waals surface area contributed by atoms with Crippen molar-refractivity contribution in [3.63, 3.8) is 0 Å². The summed E-state index contributed by atoms with van der Waals surface area (Å²) in [6, 6.07) is 13.2. The van der Waals surface area contributed by atoms with Crippen LogP contribution in [-0.2, 0) is 9.53 Å². The Morgan fingerprint density at radius 3 is 2.67 bits per heavy atom. The van der Waals surface area contributed by atoms with Crippen LogP contribution in [0.1, 0.15) is 23.4 Å². The molecule has 0 spiro atoms. The topological polar surface area (TPSA) is 86.8 Å². The van der Waals surface area contributed by atoms with E-state index in [1.54, 1.807) is 6.92 Å². The molecule has 6 heteroatoms. The number of carbonyl (C=O) groups is 1. The predicted octanol–water partition coefficient (Wildman–Crippen LogP) is 2.85. The Balaban J connectivity index is 2.45. The Morgan fingerprint density at radius 1 is 1.38 bits per heavy atom. The Hall–Kier alpha value is -2.70. The van der Waals surface area contributed by atoms with E-state index >= 15 is 0 Å². The lowest BCUT2D eigenvalue weighted by Crippen LogP contribution is -2.15. The van der Waals surface area contributed by atoms with Gasteiger partial charge in [0.05, 0.1) is 18.4 Å². The number of nitriles is 2. The molecule has 5 nitrogen and oxygen atoms in total. The number of rotatable bonds is 4. The van der Waals surface area contributed by atoms with Crippen molar-refractivity contribution in [1.29, 1.82) is 10.5 Å². The van der Waals surface area contributed by atoms with E-state index in [-0.39, 0.29) is 17.2 Å². The molecular formula is C15H11N3O2S. The number of benzene rings is 1. The van der Waals surface area contributed by atoms with Crippen molar-refractivity contribution in [3.8, 4) is 22.7 Å². The first kappa shape index (κ1) is 14.7. The summed E-state index contributed by atoms with van der Waals surface area (Å²) in [4.78, 5) is 16.4. The monoisotopic (exact) mass is 297 g/mol. The summed E-state index contributed by atoms with van der Waals surface area (Å²) in [5.41, 5.74) is 1.01. The van der Waals surface area contributed by atoms with E-state index in [2.05, 4.69) is 4.98 Å². The van der Waals surface area contributed by atoms with E-state index in [0.717, 1.165) is 16.9 Å². The Labute approximate surface area is 126 Å². The summed E-state index contributed by atoms with van der Waals surface area (Å²) in [6.45, 7) is 1.84. The third-order valence-electron chi connectivity index (χ3n) is 2.70. The van der Waals surface area contributed by atoms with Gasteiger partial charge in [-0.2, -0.15) is 10.5 Å². The molecule has 104 valence electrons. The van der Waals surface area contributed by atoms with Crippen LogP contribution >= 0.6 is 11.3 Å². The van der Waals surface area contributed by atoms with Crippen LogP contribution in [0.15, 0.2) is 30.3 Å². The fourth-order valence-electron chi connectivity index (χ4n) is 1.76. The Bertz CT molecular complexity index is 726. The molecule has 0 aliphatic heterocycles. The fourth-order valence-corrected chi connectivity index (χ4v) is 2.67. The molecule has 0 N–H and O–H groups in total. The van der Waals surface area contributed by atoms with E-state index in [4.69, 9.17) is 4.74 Å². The first-order valence-electron chi connectivity index (χ1n) is 6.23. The maximum Gasteiger partial charge on any atom is 0.329 e. The first-order chi connectivity index (χ1) is 10.2. The number of carbonyl (C=O) groups excluding carboxylic acids is 1. The summed E-state index contributed by atoms with van der Waals surface area (Å²) in [5, 5.41) is 19.0. The van der Waals surface area contributed by atoms with Gasteiger partial charge in [-0.05, 0) is 6.92 Å². The van der Waals surface area contributed by atoms with Gasteiger partial charge in [-0.3, -0.25) is 4.79 Å². The van der Waals surface area contributed by atoms with Crippen molar-refractivity contribution in [1.82, 2.24) is 4.98 Å². The Morgan fingerprint density at radius 2 is 2.10 bits per heavy atom. The van der Waals surface area contributed by atoms with Gasteiger partial charge >= 0.3 is 5.97 Å². The van der Waals surface area contributed by atoms with Gasteiger partial charge in [0, 0.05) is 5.56 Å². The van der Waals surface area contributed by atoms with Gasteiger partial charge in [0.15, 0.2) is 5.92 Å². The molecule has 2 rings (SSSR count). The molecule has 0 saturated heterocycles. The van der Waals surface area contributed by atoms with E-state index in [9.17, 15) is 15.3 Å². The van der Waals surface area contributed by atoms with Crippen molar-refractivity contribution in [2.45, 2.75) is 12.8 Å². The highest BCUT2D eigenvalue weighted by Gasteiger charge is 2.28. The summed E-state index contributed by atoms with van der Waals surface area (Å²) in [7, 11) is 0. The van der Waals surface area contributed by atoms with Crippen LogP contribution in [0, 0.1) is 22.7 Å². The van der Waals surface area contributed by atoms with Crippen LogP contribution < -0.4 is 0 Å². The van der Waals surface area contributed by atoms with Gasteiger partial charge in [0.2, 0.25) is 0 Å². The number of hydrogen-bond donors (Lipinski definition) is 0. The summed E-state index contributed by atoms with van der Waals surface area (Å²) in [6.07, 6.45) is 0. The van der Waals surface area contributed by atoms with Crippen LogP contribution in [-0.4, -0.2) is 17.6 Å². The smallest absolute Gasteiger partial charge is 0.329 e. The number of esters is 1. The first-order valence-corrected chi connectivity index (χ1v) is 7.05. The van der Waals surface area contributed by atoms with Crippen molar-refractivity contribution in [2.24, 2.45) is 0 Å². The van der Waals surface area contributed by atoms with Crippen LogP contribution in [0.2, 0.25) is 0 Å². The zero-order chi connectivity index (χ0) is 15.2. The molecule has 1 aromatic carbocycles. The van der Waals surface area contributed by atoms with Crippen LogP contribution in [0.3, 0.4) is 0 Å². The second-order valence-electron chi connectivity index (χ2n) is 4.03. The van der Waals surface area contributed by atoms with Gasteiger partial charge in [0.1, 0.15) is 16.0 Å². The summed E-state index contributed by atoms with van der Waals surface area (Å²) in [5.74, 6) is -1.85. The third kappa shape index (κ3) is 3.07. The molecule has 0 aliphatic carbocycles. The minimum atomic E-state index is -1.17. The zero-order valence-electron chi connectivity index (χ0n) is 11.2. The number of ether oxygens (including phenoxy) is 1. The van der Waals surface area contributed by atoms with Gasteiger partial charge in [-0.25, -0.2) is 4.98 Å². The van der Waals surface area contributed by atoms with Crippen LogP contribution in [0.4, 0.5) is 0 Å². The van der Waals surface area contributed by atoms with Crippen molar-refractivity contribution in [3.05, 3.63) is 40.9 Å². The highest BCUT2D eigenvalue weighted by Crippen LogP contribution is 2.31. The maximum atomic E-state index is 11.8. The quantitative estimate of drug-likeness (QED) is 0.810. The molecule has 1 heterocycles. The molecule has 0 bridgehead atoms. The van der Waals surface area contributed by atoms with Gasteiger partial charge in [0.25, 0.3) is 0 Å². The standard InChI is InChI=1S/C15H11N3O2S/c1-2-20-15(19)11(8-16)13-12(9-17)21-14(18-13)10-6-4-3-5-7-10/h3-7,11H,2H2,1H3. The molecular weight excluding hydrogens is 286 g/mol. The van der Waals surface area contributed by atoms with Crippen molar-refractivity contribution in [2.75, 3.05) is 6.61 Å². The number of nitrogens with zero attached hydrogens (tertiary/aromatic N) is 3. The minimum absolute atomic E-state index is 0.169. The molecule has 1 unspecified atom stereocenters. The minimum Gasteiger partial charge on any atom is -0.465 e. The molecule has 1 aromatic heterocycles. The molecule has 2 aromatic rings. The van der Waals surface area contributed by atoms with Crippen molar-refractivity contribution < 1.29 is 9.53 Å². The van der Waals surface area contributed by atoms with Gasteiger partial charge in [-0.15, -0.1) is 11.3 Å². The highest BCUT2D eigenvalue weighted by molar-refractivity contribution is 7.15. The number of aromatic nitrogens is 1. The van der Waals surface area contributed by atoms with Crippen molar-refractivity contribution >= 4 is 17.3 Å². The highest BCUT2D eigenvalue weighted by atomic mass is 32.1. The molecule has 21 heavy (non-hydrogen) atoms. The average molecular weight is 297 g/mol. The number of thiazole rings is 1. The van der Waals surface area contributed by atoms with E-state index in [1.807, 2.05) is 42.5 Å². The zero-order valence-corrected chi connectivity index (χ0v) is 12.1. The molecule has 0 radical (unpaired) electrons. The van der Waals surface area contributed by atoms with E-state index in [1.165, 1.54) is 0 Å². The van der Waals surface area contributed by atoms with Crippen LogP contribution in [0.5, 0.6) is 0 Å². The van der Waals surface area contributed by atoms with E-state index < -0.39 is 11.9 Å². The molecule has 0 saturated carbocycles. The third-order valence-corrected chi connectivity index (χ3v) is 3.73. The predicted molar refractivity (Wildman–Crippen MR) is 77.3 cm³/mol. The SMILES string of the molecule is CCOC(=O)C(C#N)c1nc(-c2ccccc2)sc1C#N. The largest absolute Gasteiger partial charge is 0.465 e. The normalized spacial score (nSPS) is 11.2. The Kier molecular flexibility index (Phi) is 4.65. The number of hydrogen-bond acceptors (Lipinski definition) is 6. The molecule has 0 fully saturated rings. The van der Waals surface area contributed by atoms with E-state index in [0.29, 0.717) is 5.01 Å². The summed E-state index contributed by atoms with van der Waals surface area (Å²) >= 11 is 1.16. The second-order valence-corrected chi connectivity index (χ2v) is 5.02. The molecule has 1 atom stereocenters. The second kappa shape index (κ2) is 6.65. The lowest BCUT2D eigenvalue weighted by Gasteiger charge is -2.05. The average Bonchev–Trinajstić information content (AvgIpc) is 2.93. The lowest BCUT2D eigenvalue weighted by molar-refractivity contribution is -0.143. The molecule has 0 amide bonds. The molecule has 0 aliphatic rings. The lowest BCUT2D eigenvalue weighted by atomic mass is 10.1. The van der Waals surface area contributed by atoms with Gasteiger partial charge < -0.3 is 4.74 Å². The van der Waals surface area contributed by atoms with Crippen LogP contribution in [0.25, 0.3) is 10.6 Å². The maximum absolute atomic E-state index is 11.8. The summed E-state index contributed by atoms with van der Waals surface area (Å²) < 4.78 is 4.86. The van der Waals surface area contributed by atoms with Gasteiger partial charge in [-0.1, -0.05) is 30.3 Å². The fraction of sp³-hybridized carbons (Fsp3) is 0.200.